The van der Waals surface area contributed by atoms with Crippen molar-refractivity contribution in [1.82, 2.24) is 4.98 Å². The van der Waals surface area contributed by atoms with Crippen molar-refractivity contribution >= 4 is 23.2 Å². The van der Waals surface area contributed by atoms with E-state index in [4.69, 9.17) is 10.6 Å². The van der Waals surface area contributed by atoms with E-state index in [-0.39, 0.29) is 24.4 Å². The molecule has 0 unspecified atom stereocenters. The lowest BCUT2D eigenvalue weighted by atomic mass is 10.1. The number of hydrogen-bond acceptors (Lipinski definition) is 5. The Kier molecular flexibility index (Phi) is 7.05. The molecule has 1 aliphatic heterocycles. The van der Waals surface area contributed by atoms with Crippen LogP contribution in [0.15, 0.2) is 53.8 Å². The fourth-order valence-electron chi connectivity index (χ4n) is 3.45. The van der Waals surface area contributed by atoms with Crippen molar-refractivity contribution in [1.29, 1.82) is 0 Å². The number of carbonyl (C=O) groups is 1. The predicted molar refractivity (Wildman–Crippen MR) is 116 cm³/mol. The molecule has 1 saturated heterocycles. The number of carbonyl (C=O) groups excluding carboxylic acids is 1. The van der Waals surface area contributed by atoms with Gasteiger partial charge in [0.1, 0.15) is 5.82 Å². The van der Waals surface area contributed by atoms with Crippen LogP contribution < -0.4 is 15.5 Å². The first kappa shape index (κ1) is 20.6. The maximum atomic E-state index is 12.6. The number of hydrogen-bond donors (Lipinski definition) is 1. The molecule has 1 fully saturated rings. The van der Waals surface area contributed by atoms with Crippen LogP contribution in [-0.4, -0.2) is 42.5 Å². The molecule has 1 aromatic carbocycles. The second-order valence-electron chi connectivity index (χ2n) is 7.40. The van der Waals surface area contributed by atoms with Crippen molar-refractivity contribution in [3.05, 3.63) is 54.2 Å². The summed E-state index contributed by atoms with van der Waals surface area (Å²) in [6.07, 6.45) is 5.37. The molecule has 1 aromatic heterocycles. The highest BCUT2D eigenvalue weighted by Gasteiger charge is 2.19. The second kappa shape index (κ2) is 9.91. The summed E-state index contributed by atoms with van der Waals surface area (Å²) in [7, 11) is 0. The molecule has 2 aromatic rings. The van der Waals surface area contributed by atoms with Gasteiger partial charge in [0.25, 0.3) is 5.91 Å². The van der Waals surface area contributed by atoms with Crippen LogP contribution in [0.4, 0.5) is 11.5 Å². The summed E-state index contributed by atoms with van der Waals surface area (Å²) in [5.74, 6) is 0.973. The molecule has 0 spiro atoms. The van der Waals surface area contributed by atoms with E-state index in [1.807, 2.05) is 56.3 Å². The smallest absolute Gasteiger partial charge is 0.267 e. The fraction of sp³-hybridized carbons (Fsp3) is 0.409. The molecule has 1 aliphatic rings. The molecule has 2 N–H and O–H groups in total. The molecule has 0 radical (unpaired) electrons. The van der Waals surface area contributed by atoms with Crippen LogP contribution in [0.3, 0.4) is 0 Å². The minimum Gasteiger partial charge on any atom is -0.384 e. The Bertz CT molecular complexity index is 815. The van der Waals surface area contributed by atoms with Crippen molar-refractivity contribution < 1.29 is 9.63 Å². The molecule has 154 valence electrons. The van der Waals surface area contributed by atoms with E-state index < -0.39 is 0 Å². The van der Waals surface area contributed by atoms with Gasteiger partial charge in [-0.15, -0.1) is 0 Å². The molecule has 3 rings (SSSR count). The number of piperidine rings is 1. The fourth-order valence-corrected chi connectivity index (χ4v) is 3.45. The first-order chi connectivity index (χ1) is 14.1. The lowest BCUT2D eigenvalue weighted by Gasteiger charge is -2.27. The van der Waals surface area contributed by atoms with Gasteiger partial charge in [-0.1, -0.05) is 23.4 Å². The maximum absolute atomic E-state index is 12.6. The van der Waals surface area contributed by atoms with Crippen LogP contribution in [0.1, 0.15) is 38.7 Å². The van der Waals surface area contributed by atoms with E-state index >= 15 is 0 Å². The zero-order chi connectivity index (χ0) is 20.6. The highest BCUT2D eigenvalue weighted by molar-refractivity contribution is 5.97. The summed E-state index contributed by atoms with van der Waals surface area (Å²) in [6, 6.07) is 13.3. The highest BCUT2D eigenvalue weighted by Crippen LogP contribution is 2.18. The maximum Gasteiger partial charge on any atom is 0.267 e. The summed E-state index contributed by atoms with van der Waals surface area (Å²) in [4.78, 5) is 26.3. The molecule has 0 bridgehead atoms. The van der Waals surface area contributed by atoms with Gasteiger partial charge >= 0.3 is 0 Å². The van der Waals surface area contributed by atoms with Gasteiger partial charge in [0.15, 0.2) is 12.4 Å². The average Bonchev–Trinajstić information content (AvgIpc) is 2.75. The number of amides is 1. The van der Waals surface area contributed by atoms with E-state index in [1.54, 1.807) is 11.1 Å². The third-order valence-electron chi connectivity index (χ3n) is 4.89. The lowest BCUT2D eigenvalue weighted by molar-refractivity contribution is -0.123. The van der Waals surface area contributed by atoms with E-state index in [0.717, 1.165) is 24.6 Å². The number of nitrogens with two attached hydrogens (primary N) is 1. The number of benzene rings is 1. The van der Waals surface area contributed by atoms with Crippen molar-refractivity contribution in [2.24, 2.45) is 10.9 Å². The van der Waals surface area contributed by atoms with Gasteiger partial charge in [-0.25, -0.2) is 4.98 Å². The molecule has 2 heterocycles. The van der Waals surface area contributed by atoms with Crippen LogP contribution in [-0.2, 0) is 9.63 Å². The van der Waals surface area contributed by atoms with Gasteiger partial charge < -0.3 is 20.4 Å². The average molecular weight is 396 g/mol. The van der Waals surface area contributed by atoms with Crippen LogP contribution >= 0.6 is 0 Å². The minimum atomic E-state index is -0.187. The SMILES string of the molecule is CC(C)N(C(=O)CON=C(N)c1ccc(N2CCCCC2)nc1)c1ccccc1. The zero-order valence-corrected chi connectivity index (χ0v) is 17.1. The summed E-state index contributed by atoms with van der Waals surface area (Å²) in [5.41, 5.74) is 7.50. The highest BCUT2D eigenvalue weighted by atomic mass is 16.6. The summed E-state index contributed by atoms with van der Waals surface area (Å²) >= 11 is 0. The minimum absolute atomic E-state index is 0.00126. The number of aromatic nitrogens is 1. The molecule has 0 aliphatic carbocycles. The van der Waals surface area contributed by atoms with E-state index in [2.05, 4.69) is 15.0 Å². The Labute approximate surface area is 172 Å². The summed E-state index contributed by atoms with van der Waals surface area (Å²) in [6.45, 7) is 5.80. The van der Waals surface area contributed by atoms with Gasteiger partial charge in [-0.05, 0) is 57.4 Å². The number of oxime groups is 1. The molecule has 0 saturated carbocycles. The Hall–Kier alpha value is -3.09. The zero-order valence-electron chi connectivity index (χ0n) is 17.1. The van der Waals surface area contributed by atoms with E-state index in [1.165, 1.54) is 19.3 Å². The lowest BCUT2D eigenvalue weighted by Crippen LogP contribution is -2.39. The van der Waals surface area contributed by atoms with Crippen LogP contribution in [0.25, 0.3) is 0 Å². The third kappa shape index (κ3) is 5.47. The van der Waals surface area contributed by atoms with Crippen LogP contribution in [0.2, 0.25) is 0 Å². The Morgan fingerprint density at radius 2 is 1.90 bits per heavy atom. The van der Waals surface area contributed by atoms with Crippen molar-refractivity contribution in [2.45, 2.75) is 39.2 Å². The molecule has 29 heavy (non-hydrogen) atoms. The predicted octanol–water partition coefficient (Wildman–Crippen LogP) is 3.15. The van der Waals surface area contributed by atoms with Gasteiger partial charge in [0, 0.05) is 36.6 Å². The summed E-state index contributed by atoms with van der Waals surface area (Å²) < 4.78 is 0. The Morgan fingerprint density at radius 3 is 2.52 bits per heavy atom. The molecule has 0 atom stereocenters. The molecule has 7 nitrogen and oxygen atoms in total. The van der Waals surface area contributed by atoms with Crippen LogP contribution in [0.5, 0.6) is 0 Å². The topological polar surface area (TPSA) is 84.0 Å². The number of pyridine rings is 1. The van der Waals surface area contributed by atoms with Crippen LogP contribution in [0, 0.1) is 0 Å². The molecular weight excluding hydrogens is 366 g/mol. The molecular formula is C22H29N5O2. The second-order valence-corrected chi connectivity index (χ2v) is 7.40. The van der Waals surface area contributed by atoms with Crippen molar-refractivity contribution in [2.75, 3.05) is 29.5 Å². The van der Waals surface area contributed by atoms with Crippen molar-refractivity contribution in [3.8, 4) is 0 Å². The van der Waals surface area contributed by atoms with Crippen molar-refractivity contribution in [3.63, 3.8) is 0 Å². The number of nitrogens with zero attached hydrogens (tertiary/aromatic N) is 4. The normalized spacial score (nSPS) is 14.7. The number of para-hydroxylation sites is 1. The largest absolute Gasteiger partial charge is 0.384 e. The van der Waals surface area contributed by atoms with Gasteiger partial charge in [-0.2, -0.15) is 0 Å². The van der Waals surface area contributed by atoms with E-state index in [9.17, 15) is 4.79 Å². The number of amidine groups is 1. The Balaban J connectivity index is 1.58. The first-order valence-corrected chi connectivity index (χ1v) is 10.1. The third-order valence-corrected chi connectivity index (χ3v) is 4.89. The monoisotopic (exact) mass is 395 g/mol. The standard InChI is InChI=1S/C22H29N5O2/c1-17(2)27(19-9-5-3-6-10-19)21(28)16-29-25-22(23)18-11-12-20(24-15-18)26-13-7-4-8-14-26/h3,5-6,9-12,15,17H,4,7-8,13-14,16H2,1-2H3,(H2,23,25). The van der Waals surface area contributed by atoms with Gasteiger partial charge in [-0.3, -0.25) is 4.79 Å². The molecule has 1 amide bonds. The molecule has 7 heteroatoms. The quantitative estimate of drug-likeness (QED) is 0.442. The summed E-state index contributed by atoms with van der Waals surface area (Å²) in [5, 5.41) is 3.91. The van der Waals surface area contributed by atoms with Gasteiger partial charge in [0.2, 0.25) is 0 Å². The number of rotatable bonds is 7. The van der Waals surface area contributed by atoms with Gasteiger partial charge in [0.05, 0.1) is 0 Å². The Morgan fingerprint density at radius 1 is 1.17 bits per heavy atom. The first-order valence-electron chi connectivity index (χ1n) is 10.1. The number of anilines is 2. The van der Waals surface area contributed by atoms with E-state index in [0.29, 0.717) is 5.56 Å².